The van der Waals surface area contributed by atoms with Gasteiger partial charge in [-0.15, -0.1) is 10.2 Å². The lowest BCUT2D eigenvalue weighted by Crippen LogP contribution is -2.22. The molecule has 0 saturated carbocycles. The van der Waals surface area contributed by atoms with Gasteiger partial charge in [0.05, 0.1) is 21.8 Å². The van der Waals surface area contributed by atoms with Gasteiger partial charge in [0, 0.05) is 17.0 Å². The summed E-state index contributed by atoms with van der Waals surface area (Å²) >= 11 is 13.5. The van der Waals surface area contributed by atoms with Gasteiger partial charge in [-0.05, 0) is 49.4 Å². The van der Waals surface area contributed by atoms with E-state index < -0.39 is 0 Å². The maximum absolute atomic E-state index is 13.3. The summed E-state index contributed by atoms with van der Waals surface area (Å²) in [5.41, 5.74) is 0.995. The molecule has 4 rings (SSSR count). The van der Waals surface area contributed by atoms with Crippen LogP contribution in [0.2, 0.25) is 10.0 Å². The second kappa shape index (κ2) is 7.58. The standard InChI is InChI=1S/C19H14Cl2N4O2S/c1-10(17-24-23-11(2)27-17)28-19-22-16-9-13(21)5-8-15(16)18(26)25(19)14-6-3-12(20)4-7-14/h3-10H,1-2H3. The highest BCUT2D eigenvalue weighted by Gasteiger charge is 2.20. The van der Waals surface area contributed by atoms with Crippen molar-refractivity contribution in [3.63, 3.8) is 0 Å². The molecule has 2 heterocycles. The van der Waals surface area contributed by atoms with Crippen molar-refractivity contribution < 1.29 is 4.42 Å². The van der Waals surface area contributed by atoms with E-state index in [0.29, 0.717) is 43.6 Å². The number of aromatic nitrogens is 4. The summed E-state index contributed by atoms with van der Waals surface area (Å²) in [5.74, 6) is 0.946. The molecule has 0 bridgehead atoms. The van der Waals surface area contributed by atoms with Gasteiger partial charge in [-0.2, -0.15) is 0 Å². The number of hydrogen-bond acceptors (Lipinski definition) is 6. The fourth-order valence-electron chi connectivity index (χ4n) is 2.72. The molecule has 2 aromatic carbocycles. The molecule has 0 saturated heterocycles. The minimum absolute atomic E-state index is 0.194. The highest BCUT2D eigenvalue weighted by atomic mass is 35.5. The average Bonchev–Trinajstić information content (AvgIpc) is 3.09. The van der Waals surface area contributed by atoms with Gasteiger partial charge in [0.25, 0.3) is 5.56 Å². The van der Waals surface area contributed by atoms with Crippen LogP contribution >= 0.6 is 35.0 Å². The van der Waals surface area contributed by atoms with Crippen molar-refractivity contribution in [2.75, 3.05) is 0 Å². The maximum atomic E-state index is 13.3. The third-order valence-electron chi connectivity index (χ3n) is 4.06. The van der Waals surface area contributed by atoms with Crippen LogP contribution in [-0.4, -0.2) is 19.7 Å². The summed E-state index contributed by atoms with van der Waals surface area (Å²) < 4.78 is 7.07. The topological polar surface area (TPSA) is 73.8 Å². The first-order valence-electron chi connectivity index (χ1n) is 8.37. The normalized spacial score (nSPS) is 12.4. The van der Waals surface area contributed by atoms with Crippen LogP contribution in [0, 0.1) is 6.92 Å². The van der Waals surface area contributed by atoms with Gasteiger partial charge in [-0.3, -0.25) is 9.36 Å². The molecule has 0 aliphatic rings. The van der Waals surface area contributed by atoms with Crippen molar-refractivity contribution in [2.24, 2.45) is 0 Å². The SMILES string of the molecule is Cc1nnc(C(C)Sc2nc3cc(Cl)ccc3c(=O)n2-c2ccc(Cl)cc2)o1. The van der Waals surface area contributed by atoms with E-state index in [9.17, 15) is 4.79 Å². The van der Waals surface area contributed by atoms with Gasteiger partial charge in [0.2, 0.25) is 11.8 Å². The number of benzene rings is 2. The second-order valence-corrected chi connectivity index (χ2v) is 8.27. The van der Waals surface area contributed by atoms with Crippen molar-refractivity contribution in [3.8, 4) is 5.69 Å². The minimum atomic E-state index is -0.205. The lowest BCUT2D eigenvalue weighted by Gasteiger charge is -2.15. The molecule has 9 heteroatoms. The monoisotopic (exact) mass is 432 g/mol. The number of nitrogens with zero attached hydrogens (tertiary/aromatic N) is 4. The van der Waals surface area contributed by atoms with Crippen LogP contribution in [0.1, 0.15) is 24.0 Å². The lowest BCUT2D eigenvalue weighted by atomic mass is 10.2. The van der Waals surface area contributed by atoms with Gasteiger partial charge >= 0.3 is 0 Å². The first-order valence-corrected chi connectivity index (χ1v) is 10.0. The Morgan fingerprint density at radius 2 is 1.79 bits per heavy atom. The van der Waals surface area contributed by atoms with Crippen LogP contribution < -0.4 is 5.56 Å². The molecule has 2 aromatic heterocycles. The van der Waals surface area contributed by atoms with Crippen LogP contribution in [-0.2, 0) is 0 Å². The summed E-state index contributed by atoms with van der Waals surface area (Å²) in [6.07, 6.45) is 0. The predicted molar refractivity (Wildman–Crippen MR) is 111 cm³/mol. The summed E-state index contributed by atoms with van der Waals surface area (Å²) in [7, 11) is 0. The minimum Gasteiger partial charge on any atom is -0.424 e. The number of rotatable bonds is 4. The van der Waals surface area contributed by atoms with Gasteiger partial charge in [0.1, 0.15) is 0 Å². The molecular weight excluding hydrogens is 419 g/mol. The van der Waals surface area contributed by atoms with Gasteiger partial charge in [0.15, 0.2) is 5.16 Å². The van der Waals surface area contributed by atoms with Gasteiger partial charge < -0.3 is 4.42 Å². The van der Waals surface area contributed by atoms with Gasteiger partial charge in [-0.25, -0.2) is 4.98 Å². The fourth-order valence-corrected chi connectivity index (χ4v) is 3.97. The zero-order valence-corrected chi connectivity index (χ0v) is 17.2. The van der Waals surface area contributed by atoms with Crippen LogP contribution in [0.4, 0.5) is 0 Å². The van der Waals surface area contributed by atoms with E-state index in [-0.39, 0.29) is 10.8 Å². The molecule has 0 amide bonds. The Balaban J connectivity index is 1.90. The third kappa shape index (κ3) is 3.65. The summed E-state index contributed by atoms with van der Waals surface area (Å²) in [6.45, 7) is 3.64. The molecule has 142 valence electrons. The van der Waals surface area contributed by atoms with Crippen LogP contribution in [0.25, 0.3) is 16.6 Å². The number of aryl methyl sites for hydroxylation is 1. The van der Waals surface area contributed by atoms with Crippen molar-refractivity contribution in [1.82, 2.24) is 19.7 Å². The van der Waals surface area contributed by atoms with E-state index in [1.165, 1.54) is 11.8 Å². The maximum Gasteiger partial charge on any atom is 0.266 e. The molecule has 0 radical (unpaired) electrons. The Bertz CT molecular complexity index is 1220. The van der Waals surface area contributed by atoms with Crippen molar-refractivity contribution in [2.45, 2.75) is 24.3 Å². The van der Waals surface area contributed by atoms with E-state index in [1.54, 1.807) is 54.0 Å². The smallest absolute Gasteiger partial charge is 0.266 e. The van der Waals surface area contributed by atoms with E-state index in [2.05, 4.69) is 15.2 Å². The molecule has 1 unspecified atom stereocenters. The fraction of sp³-hybridized carbons (Fsp3) is 0.158. The molecule has 0 aliphatic heterocycles. The first kappa shape index (κ1) is 19.0. The van der Waals surface area contributed by atoms with Crippen molar-refractivity contribution in [3.05, 3.63) is 74.6 Å². The highest BCUT2D eigenvalue weighted by Crippen LogP contribution is 2.34. The molecule has 0 spiro atoms. The van der Waals surface area contributed by atoms with Crippen LogP contribution in [0.15, 0.2) is 56.8 Å². The molecule has 6 nitrogen and oxygen atoms in total. The Labute approximate surface area is 174 Å². The second-order valence-electron chi connectivity index (χ2n) is 6.09. The molecule has 1 atom stereocenters. The zero-order chi connectivity index (χ0) is 19.8. The van der Waals surface area contributed by atoms with E-state index in [0.717, 1.165) is 0 Å². The number of fused-ring (bicyclic) bond motifs is 1. The molecule has 28 heavy (non-hydrogen) atoms. The lowest BCUT2D eigenvalue weighted by molar-refractivity contribution is 0.470. The largest absolute Gasteiger partial charge is 0.424 e. The molecule has 0 N–H and O–H groups in total. The number of thioether (sulfide) groups is 1. The Kier molecular flexibility index (Phi) is 5.14. The van der Waals surface area contributed by atoms with Crippen LogP contribution in [0.3, 0.4) is 0 Å². The van der Waals surface area contributed by atoms with Crippen molar-refractivity contribution in [1.29, 1.82) is 0 Å². The Hall–Kier alpha value is -2.35. The summed E-state index contributed by atoms with van der Waals surface area (Å²) in [5, 5.41) is 9.79. The van der Waals surface area contributed by atoms with E-state index >= 15 is 0 Å². The average molecular weight is 433 g/mol. The quantitative estimate of drug-likeness (QED) is 0.324. The molecule has 0 fully saturated rings. The Morgan fingerprint density at radius 3 is 2.46 bits per heavy atom. The number of hydrogen-bond donors (Lipinski definition) is 0. The van der Waals surface area contributed by atoms with Crippen LogP contribution in [0.5, 0.6) is 0 Å². The third-order valence-corrected chi connectivity index (χ3v) is 5.58. The molecule has 4 aromatic rings. The van der Waals surface area contributed by atoms with Crippen molar-refractivity contribution >= 4 is 45.9 Å². The van der Waals surface area contributed by atoms with E-state index in [1.807, 2.05) is 6.92 Å². The number of halogens is 2. The molecule has 0 aliphatic carbocycles. The summed E-state index contributed by atoms with van der Waals surface area (Å²) in [4.78, 5) is 17.9. The first-order chi connectivity index (χ1) is 13.4. The highest BCUT2D eigenvalue weighted by molar-refractivity contribution is 7.99. The summed E-state index contributed by atoms with van der Waals surface area (Å²) in [6, 6.07) is 12.0. The molecular formula is C19H14Cl2N4O2S. The van der Waals surface area contributed by atoms with E-state index in [4.69, 9.17) is 27.6 Å². The Morgan fingerprint density at radius 1 is 1.07 bits per heavy atom. The predicted octanol–water partition coefficient (Wildman–Crippen LogP) is 5.24. The van der Waals surface area contributed by atoms with Gasteiger partial charge in [-0.1, -0.05) is 35.0 Å². The zero-order valence-electron chi connectivity index (χ0n) is 14.9.